The zero-order valence-corrected chi connectivity index (χ0v) is 14.1. The number of aromatic nitrogens is 3. The quantitative estimate of drug-likeness (QED) is 0.890. The molecule has 1 saturated carbocycles. The second kappa shape index (κ2) is 6.11. The molecular weight excluding hydrogens is 312 g/mol. The fourth-order valence-corrected chi connectivity index (χ4v) is 3.59. The minimum atomic E-state index is 0.624. The number of fused-ring (bicyclic) bond motifs is 1. The van der Waals surface area contributed by atoms with Gasteiger partial charge in [0.05, 0.1) is 17.9 Å². The van der Waals surface area contributed by atoms with Gasteiger partial charge in [0.1, 0.15) is 5.82 Å². The first-order valence-electron chi connectivity index (χ1n) is 9.03. The predicted octanol–water partition coefficient (Wildman–Crippen LogP) is 1.62. The van der Waals surface area contributed by atoms with Crippen molar-refractivity contribution in [3.05, 3.63) is 42.1 Å². The van der Waals surface area contributed by atoms with Gasteiger partial charge >= 0.3 is 0 Å². The lowest BCUT2D eigenvalue weighted by Crippen LogP contribution is -2.44. The number of nitrogens with zero attached hydrogens (tertiary/aromatic N) is 4. The van der Waals surface area contributed by atoms with Crippen molar-refractivity contribution in [2.24, 2.45) is 0 Å². The van der Waals surface area contributed by atoms with E-state index in [9.17, 15) is 0 Å². The molecule has 0 amide bonds. The van der Waals surface area contributed by atoms with E-state index in [1.165, 1.54) is 23.8 Å². The molecule has 0 bridgehead atoms. The van der Waals surface area contributed by atoms with Gasteiger partial charge in [-0.15, -0.1) is 0 Å². The van der Waals surface area contributed by atoms with Gasteiger partial charge < -0.3 is 15.5 Å². The van der Waals surface area contributed by atoms with Crippen molar-refractivity contribution in [1.29, 1.82) is 0 Å². The van der Waals surface area contributed by atoms with Crippen LogP contribution in [0.1, 0.15) is 30.1 Å². The highest BCUT2D eigenvalue weighted by Gasteiger charge is 2.29. The molecule has 2 fully saturated rings. The van der Waals surface area contributed by atoms with Crippen LogP contribution in [-0.4, -0.2) is 47.7 Å². The molecule has 3 aliphatic rings. The zero-order chi connectivity index (χ0) is 16.6. The Bertz CT molecular complexity index is 862. The Labute approximate surface area is 147 Å². The van der Waals surface area contributed by atoms with E-state index in [0.717, 1.165) is 55.5 Å². The maximum atomic E-state index is 5.01. The number of hydrogen-bond acceptors (Lipinski definition) is 6. The fraction of sp³-hybridized carbons (Fsp3) is 0.421. The Morgan fingerprint density at radius 2 is 2.00 bits per heavy atom. The molecule has 127 valence electrons. The Kier molecular flexibility index (Phi) is 3.63. The third-order valence-corrected chi connectivity index (χ3v) is 5.06. The summed E-state index contributed by atoms with van der Waals surface area (Å²) in [6.07, 6.45) is 13.5. The monoisotopic (exact) mass is 333 g/mol. The summed E-state index contributed by atoms with van der Waals surface area (Å²) in [4.78, 5) is 16.7. The molecule has 0 atom stereocenters. The number of dihydropyridines is 1. The second-order valence-corrected chi connectivity index (χ2v) is 6.83. The molecule has 0 unspecified atom stereocenters. The van der Waals surface area contributed by atoms with Crippen molar-refractivity contribution in [2.45, 2.75) is 18.8 Å². The van der Waals surface area contributed by atoms with Crippen LogP contribution in [0.25, 0.3) is 16.5 Å². The van der Waals surface area contributed by atoms with E-state index < -0.39 is 0 Å². The number of anilines is 1. The normalized spacial score (nSPS) is 20.5. The zero-order valence-electron chi connectivity index (χ0n) is 14.1. The smallest absolute Gasteiger partial charge is 0.162 e. The predicted molar refractivity (Wildman–Crippen MR) is 98.2 cm³/mol. The Morgan fingerprint density at radius 1 is 1.12 bits per heavy atom. The largest absolute Gasteiger partial charge is 0.380 e. The molecule has 1 radical (unpaired) electrons. The molecule has 2 aromatic rings. The summed E-state index contributed by atoms with van der Waals surface area (Å²) in [5.41, 5.74) is 3.30. The van der Waals surface area contributed by atoms with Gasteiger partial charge in [-0.2, -0.15) is 0 Å². The third-order valence-electron chi connectivity index (χ3n) is 5.06. The fourth-order valence-electron chi connectivity index (χ4n) is 3.59. The second-order valence-electron chi connectivity index (χ2n) is 6.83. The van der Waals surface area contributed by atoms with Crippen LogP contribution in [0.3, 0.4) is 0 Å². The Hall–Kier alpha value is -2.47. The third kappa shape index (κ3) is 2.76. The molecule has 4 heterocycles. The molecule has 2 N–H and O–H groups in total. The molecule has 0 aromatic carbocycles. The summed E-state index contributed by atoms with van der Waals surface area (Å²) in [6, 6.07) is 0. The van der Waals surface area contributed by atoms with Crippen LogP contribution in [0.4, 0.5) is 5.82 Å². The van der Waals surface area contributed by atoms with Gasteiger partial charge in [-0.05, 0) is 30.4 Å². The maximum absolute atomic E-state index is 5.01. The Morgan fingerprint density at radius 3 is 2.76 bits per heavy atom. The molecule has 25 heavy (non-hydrogen) atoms. The van der Waals surface area contributed by atoms with E-state index in [1.54, 1.807) is 0 Å². The average molecular weight is 333 g/mol. The number of hydrogen-bond donors (Lipinski definition) is 2. The molecule has 0 spiro atoms. The van der Waals surface area contributed by atoms with Crippen molar-refractivity contribution >= 4 is 22.3 Å². The summed E-state index contributed by atoms with van der Waals surface area (Å²) in [5, 5.41) is 7.69. The van der Waals surface area contributed by atoms with E-state index >= 15 is 0 Å². The summed E-state index contributed by atoms with van der Waals surface area (Å²) in [5.74, 6) is 2.46. The van der Waals surface area contributed by atoms with Crippen molar-refractivity contribution in [3.63, 3.8) is 0 Å². The average Bonchev–Trinajstić information content (AvgIpc) is 3.53. The van der Waals surface area contributed by atoms with Crippen LogP contribution < -0.4 is 15.5 Å². The highest BCUT2D eigenvalue weighted by molar-refractivity contribution is 5.94. The van der Waals surface area contributed by atoms with E-state index in [1.807, 2.05) is 18.5 Å². The minimum absolute atomic E-state index is 0.624. The van der Waals surface area contributed by atoms with Gasteiger partial charge in [0, 0.05) is 49.9 Å². The number of rotatable bonds is 3. The van der Waals surface area contributed by atoms with Gasteiger partial charge in [-0.1, -0.05) is 6.08 Å². The van der Waals surface area contributed by atoms with E-state index in [4.69, 9.17) is 9.97 Å². The number of pyridine rings is 1. The molecule has 5 rings (SSSR count). The minimum Gasteiger partial charge on any atom is -0.380 e. The SMILES string of the molecule is [C]1=CC(c2nc(N3CCNCC3)c3c(C4CC4)cncc3n2)=CCN1. The first-order chi connectivity index (χ1) is 12.4. The van der Waals surface area contributed by atoms with Gasteiger partial charge in [-0.25, -0.2) is 9.97 Å². The first kappa shape index (κ1) is 14.8. The maximum Gasteiger partial charge on any atom is 0.162 e. The van der Waals surface area contributed by atoms with Crippen LogP contribution >= 0.6 is 0 Å². The molecule has 6 heteroatoms. The summed E-state index contributed by atoms with van der Waals surface area (Å²) < 4.78 is 0. The van der Waals surface area contributed by atoms with Crippen molar-refractivity contribution in [1.82, 2.24) is 25.6 Å². The van der Waals surface area contributed by atoms with E-state index in [0.29, 0.717) is 5.92 Å². The van der Waals surface area contributed by atoms with Gasteiger partial charge in [0.25, 0.3) is 0 Å². The van der Waals surface area contributed by atoms with Crippen molar-refractivity contribution in [3.8, 4) is 0 Å². The number of allylic oxidation sites excluding steroid dienone is 2. The Balaban J connectivity index is 1.71. The molecule has 2 aliphatic heterocycles. The van der Waals surface area contributed by atoms with Gasteiger partial charge in [0.15, 0.2) is 5.82 Å². The van der Waals surface area contributed by atoms with Crippen LogP contribution in [0.15, 0.2) is 24.5 Å². The highest BCUT2D eigenvalue weighted by Crippen LogP contribution is 2.44. The van der Waals surface area contributed by atoms with Crippen molar-refractivity contribution in [2.75, 3.05) is 37.6 Å². The summed E-state index contributed by atoms with van der Waals surface area (Å²) in [7, 11) is 0. The molecule has 2 aromatic heterocycles. The van der Waals surface area contributed by atoms with Gasteiger partial charge in [-0.3, -0.25) is 4.98 Å². The lowest BCUT2D eigenvalue weighted by atomic mass is 10.1. The lowest BCUT2D eigenvalue weighted by molar-refractivity contribution is 0.585. The van der Waals surface area contributed by atoms with Crippen LogP contribution in [0, 0.1) is 6.20 Å². The van der Waals surface area contributed by atoms with Crippen LogP contribution in [0.5, 0.6) is 0 Å². The number of nitrogens with one attached hydrogen (secondary N) is 2. The summed E-state index contributed by atoms with van der Waals surface area (Å²) >= 11 is 0. The molecule has 1 saturated heterocycles. The summed E-state index contributed by atoms with van der Waals surface area (Å²) in [6.45, 7) is 4.69. The van der Waals surface area contributed by atoms with Crippen LogP contribution in [-0.2, 0) is 0 Å². The molecule has 1 aliphatic carbocycles. The molecule has 6 nitrogen and oxygen atoms in total. The highest BCUT2D eigenvalue weighted by atomic mass is 15.2. The topological polar surface area (TPSA) is 66.0 Å². The first-order valence-corrected chi connectivity index (χ1v) is 9.03. The van der Waals surface area contributed by atoms with E-state index in [-0.39, 0.29) is 0 Å². The standard InChI is InChI=1S/C19H21N6/c1-2-13(1)15-11-22-12-16-17(15)19(25-9-7-21-8-10-25)24-18(23-16)14-3-5-20-6-4-14/h3-4,11-13,20-21H,1-2,5,7-10H2. The van der Waals surface area contributed by atoms with Crippen molar-refractivity contribution < 1.29 is 0 Å². The molecular formula is C19H21N6. The number of piperazine rings is 1. The lowest BCUT2D eigenvalue weighted by Gasteiger charge is -2.30. The van der Waals surface area contributed by atoms with E-state index in [2.05, 4.69) is 32.8 Å². The van der Waals surface area contributed by atoms with Gasteiger partial charge in [0.2, 0.25) is 0 Å². The van der Waals surface area contributed by atoms with Crippen LogP contribution in [0.2, 0.25) is 0 Å².